The Labute approximate surface area is 152 Å². The molecule has 0 saturated heterocycles. The molecular weight excluding hydrogens is 388 g/mol. The first kappa shape index (κ1) is 16.9. The van der Waals surface area contributed by atoms with E-state index in [9.17, 15) is 0 Å². The van der Waals surface area contributed by atoms with Crippen molar-refractivity contribution in [1.82, 2.24) is 20.2 Å². The summed E-state index contributed by atoms with van der Waals surface area (Å²) in [5, 5.41) is 7.92. The number of hydrogen-bond acceptors (Lipinski definition) is 6. The summed E-state index contributed by atoms with van der Waals surface area (Å²) < 4.78 is 0.999. The molecule has 8 heteroatoms. The molecule has 3 N–H and O–H groups in total. The first-order valence-electron chi connectivity index (χ1n) is 7.50. The molecule has 3 aromatic heterocycles. The number of nitrogens with two attached hydrogens (primary N) is 1. The summed E-state index contributed by atoms with van der Waals surface area (Å²) in [7, 11) is 0. The van der Waals surface area contributed by atoms with E-state index in [1.165, 1.54) is 10.4 Å². The minimum Gasteiger partial charge on any atom is -0.337 e. The van der Waals surface area contributed by atoms with Crippen LogP contribution in [0.4, 0.5) is 5.95 Å². The summed E-state index contributed by atoms with van der Waals surface area (Å²) in [6.07, 6.45) is 8.09. The lowest BCUT2D eigenvalue weighted by Crippen LogP contribution is -2.26. The smallest absolute Gasteiger partial charge is 0.205 e. The van der Waals surface area contributed by atoms with Gasteiger partial charge in [-0.25, -0.2) is 0 Å². The minimum absolute atomic E-state index is 0.610. The molecule has 0 aromatic carbocycles. The van der Waals surface area contributed by atoms with Crippen molar-refractivity contribution in [2.75, 3.05) is 18.0 Å². The van der Waals surface area contributed by atoms with Crippen LogP contribution >= 0.6 is 27.3 Å². The number of terminal acetylenes is 1. The third kappa shape index (κ3) is 3.29. The maximum atomic E-state index is 5.69. The second kappa shape index (κ2) is 7.30. The minimum atomic E-state index is 0.610. The second-order valence-corrected chi connectivity index (χ2v) is 7.23. The summed E-state index contributed by atoms with van der Waals surface area (Å²) >= 11 is 5.20. The van der Waals surface area contributed by atoms with Crippen LogP contribution < -0.4 is 10.6 Å². The van der Waals surface area contributed by atoms with Crippen LogP contribution in [0.25, 0.3) is 11.2 Å². The molecule has 0 saturated carbocycles. The molecule has 24 heavy (non-hydrogen) atoms. The van der Waals surface area contributed by atoms with Gasteiger partial charge in [0, 0.05) is 15.9 Å². The lowest BCUT2D eigenvalue weighted by Gasteiger charge is -2.21. The van der Waals surface area contributed by atoms with E-state index in [4.69, 9.17) is 12.2 Å². The zero-order valence-electron chi connectivity index (χ0n) is 13.2. The fourth-order valence-electron chi connectivity index (χ4n) is 2.40. The van der Waals surface area contributed by atoms with Crippen molar-refractivity contribution in [2.45, 2.75) is 19.9 Å². The van der Waals surface area contributed by atoms with E-state index >= 15 is 0 Å². The molecule has 0 unspecified atom stereocenters. The number of imidazole rings is 1. The lowest BCUT2D eigenvalue weighted by atomic mass is 10.2. The maximum absolute atomic E-state index is 5.69. The first-order chi connectivity index (χ1) is 11.6. The number of hydrogen-bond donors (Lipinski definition) is 2. The highest BCUT2D eigenvalue weighted by molar-refractivity contribution is 9.10. The van der Waals surface area contributed by atoms with Crippen LogP contribution in [0.1, 0.15) is 21.7 Å². The van der Waals surface area contributed by atoms with E-state index in [1.54, 1.807) is 17.5 Å². The standard InChI is InChI=1S/C16H17BrN6S/c1-3-12-14(17)10(2)13(24-12)9-23(8-4-6-18)16-20-11-5-7-19-22-15(11)21-16/h1,5,7H,4,6,8-9,18H2,2H3,(H,20,21,22). The maximum Gasteiger partial charge on any atom is 0.205 e. The van der Waals surface area contributed by atoms with E-state index < -0.39 is 0 Å². The van der Waals surface area contributed by atoms with Crippen molar-refractivity contribution in [2.24, 2.45) is 5.73 Å². The molecule has 0 fully saturated rings. The highest BCUT2D eigenvalue weighted by Gasteiger charge is 2.17. The Morgan fingerprint density at radius 3 is 3.00 bits per heavy atom. The number of nitrogens with zero attached hydrogens (tertiary/aromatic N) is 4. The van der Waals surface area contributed by atoms with Crippen molar-refractivity contribution < 1.29 is 0 Å². The average molecular weight is 405 g/mol. The van der Waals surface area contributed by atoms with Gasteiger partial charge >= 0.3 is 0 Å². The zero-order chi connectivity index (χ0) is 17.1. The van der Waals surface area contributed by atoms with Crippen LogP contribution in [0.2, 0.25) is 0 Å². The Kier molecular flexibility index (Phi) is 5.14. The molecule has 0 aliphatic rings. The summed E-state index contributed by atoms with van der Waals surface area (Å²) in [4.78, 5) is 12.1. The van der Waals surface area contributed by atoms with Gasteiger partial charge in [0.05, 0.1) is 23.1 Å². The number of fused-ring (bicyclic) bond motifs is 1. The molecule has 0 atom stereocenters. The topological polar surface area (TPSA) is 83.7 Å². The van der Waals surface area contributed by atoms with Gasteiger partial charge in [-0.3, -0.25) is 0 Å². The highest BCUT2D eigenvalue weighted by Crippen LogP contribution is 2.33. The Balaban J connectivity index is 1.93. The van der Waals surface area contributed by atoms with Gasteiger partial charge in [0.2, 0.25) is 11.6 Å². The van der Waals surface area contributed by atoms with E-state index in [0.717, 1.165) is 33.8 Å². The number of halogens is 1. The molecule has 0 aliphatic heterocycles. The van der Waals surface area contributed by atoms with Crippen molar-refractivity contribution in [3.05, 3.63) is 32.1 Å². The van der Waals surface area contributed by atoms with Crippen LogP contribution in [0.5, 0.6) is 0 Å². The van der Waals surface area contributed by atoms with Crippen molar-refractivity contribution in [3.63, 3.8) is 0 Å². The third-order valence-electron chi connectivity index (χ3n) is 3.73. The SMILES string of the molecule is C#Cc1sc(CN(CCCN)c2nc3nnccc3[nH]2)c(C)c1Br. The fraction of sp³-hybridized carbons (Fsp3) is 0.312. The van der Waals surface area contributed by atoms with Crippen LogP contribution in [0, 0.1) is 19.3 Å². The summed E-state index contributed by atoms with van der Waals surface area (Å²) in [5.41, 5.74) is 8.34. The van der Waals surface area contributed by atoms with Crippen molar-refractivity contribution in [1.29, 1.82) is 0 Å². The van der Waals surface area contributed by atoms with Gasteiger partial charge in [-0.2, -0.15) is 10.1 Å². The average Bonchev–Trinajstić information content (AvgIpc) is 3.14. The molecule has 0 amide bonds. The Bertz CT molecular complexity index is 861. The van der Waals surface area contributed by atoms with Crippen LogP contribution in [-0.4, -0.2) is 33.3 Å². The molecule has 3 heterocycles. The van der Waals surface area contributed by atoms with Gasteiger partial charge in [-0.1, -0.05) is 5.92 Å². The number of nitrogens with one attached hydrogen (secondary N) is 1. The van der Waals surface area contributed by atoms with Crippen molar-refractivity contribution in [3.8, 4) is 12.3 Å². The van der Waals surface area contributed by atoms with Gasteiger partial charge in [-0.05, 0) is 47.4 Å². The van der Waals surface area contributed by atoms with Gasteiger partial charge < -0.3 is 15.6 Å². The zero-order valence-corrected chi connectivity index (χ0v) is 15.6. The number of rotatable bonds is 6. The fourth-order valence-corrected chi connectivity index (χ4v) is 4.15. The summed E-state index contributed by atoms with van der Waals surface area (Å²) in [6, 6.07) is 1.86. The molecule has 6 nitrogen and oxygen atoms in total. The third-order valence-corrected chi connectivity index (χ3v) is 6.19. The first-order valence-corrected chi connectivity index (χ1v) is 9.11. The largest absolute Gasteiger partial charge is 0.337 e. The highest BCUT2D eigenvalue weighted by atomic mass is 79.9. The quantitative estimate of drug-likeness (QED) is 0.617. The monoisotopic (exact) mass is 404 g/mol. The molecule has 0 radical (unpaired) electrons. The molecule has 0 aliphatic carbocycles. The molecule has 0 bridgehead atoms. The van der Waals surface area contributed by atoms with Crippen LogP contribution in [-0.2, 0) is 6.54 Å². The van der Waals surface area contributed by atoms with Crippen LogP contribution in [0.3, 0.4) is 0 Å². The molecule has 3 rings (SSSR count). The van der Waals surface area contributed by atoms with E-state index in [0.29, 0.717) is 18.7 Å². The lowest BCUT2D eigenvalue weighted by molar-refractivity contribution is 0.723. The van der Waals surface area contributed by atoms with E-state index in [-0.39, 0.29) is 0 Å². The molecule has 0 spiro atoms. The van der Waals surface area contributed by atoms with Crippen LogP contribution in [0.15, 0.2) is 16.7 Å². The predicted octanol–water partition coefficient (Wildman–Crippen LogP) is 2.82. The predicted molar refractivity (Wildman–Crippen MR) is 101 cm³/mol. The number of aromatic amines is 1. The van der Waals surface area contributed by atoms with Gasteiger partial charge in [0.15, 0.2) is 0 Å². The summed E-state index contributed by atoms with van der Waals surface area (Å²) in [5.74, 6) is 3.49. The summed E-state index contributed by atoms with van der Waals surface area (Å²) in [6.45, 7) is 4.20. The number of aromatic nitrogens is 4. The molecular formula is C16H17BrN6S. The molecule has 3 aromatic rings. The Hall–Kier alpha value is -1.95. The van der Waals surface area contributed by atoms with Gasteiger partial charge in [-0.15, -0.1) is 22.9 Å². The number of anilines is 1. The number of H-pyrrole nitrogens is 1. The van der Waals surface area contributed by atoms with Gasteiger partial charge in [0.25, 0.3) is 0 Å². The molecule has 124 valence electrons. The second-order valence-electron chi connectivity index (χ2n) is 5.33. The normalized spacial score (nSPS) is 10.9. The Morgan fingerprint density at radius 2 is 2.33 bits per heavy atom. The van der Waals surface area contributed by atoms with Crippen molar-refractivity contribution >= 4 is 44.4 Å². The van der Waals surface area contributed by atoms with Gasteiger partial charge in [0.1, 0.15) is 0 Å². The Morgan fingerprint density at radius 1 is 1.50 bits per heavy atom. The number of thiophene rings is 1. The van der Waals surface area contributed by atoms with E-state index in [2.05, 4.69) is 53.8 Å². The van der Waals surface area contributed by atoms with E-state index in [1.807, 2.05) is 6.07 Å².